The van der Waals surface area contributed by atoms with Crippen LogP contribution in [0.3, 0.4) is 0 Å². The van der Waals surface area contributed by atoms with Crippen molar-refractivity contribution in [3.8, 4) is 0 Å². The van der Waals surface area contributed by atoms with Crippen LogP contribution in [-0.2, 0) is 9.59 Å². The Kier molecular flexibility index (Phi) is 6.84. The molecule has 2 atom stereocenters. The molecule has 2 unspecified atom stereocenters. The molecular formula is C14H26N2O3. The molecule has 0 spiro atoms. The minimum atomic E-state index is -0.745. The van der Waals surface area contributed by atoms with Crippen LogP contribution in [0.2, 0.25) is 0 Å². The van der Waals surface area contributed by atoms with E-state index in [0.717, 1.165) is 38.9 Å². The number of carboxylic acids is 1. The minimum Gasteiger partial charge on any atom is -0.481 e. The van der Waals surface area contributed by atoms with Gasteiger partial charge in [-0.1, -0.05) is 6.92 Å². The van der Waals surface area contributed by atoms with E-state index in [1.54, 1.807) is 0 Å². The third kappa shape index (κ3) is 5.59. The van der Waals surface area contributed by atoms with Crippen LogP contribution in [0.1, 0.15) is 39.0 Å². The predicted octanol–water partition coefficient (Wildman–Crippen LogP) is 1.34. The van der Waals surface area contributed by atoms with Gasteiger partial charge in [-0.15, -0.1) is 0 Å². The molecule has 0 aromatic rings. The van der Waals surface area contributed by atoms with Crippen LogP contribution in [0, 0.1) is 11.8 Å². The Balaban J connectivity index is 2.40. The quantitative estimate of drug-likeness (QED) is 0.685. The molecule has 110 valence electrons. The number of carboxylic acid groups (broad SMARTS) is 1. The molecule has 2 N–H and O–H groups in total. The Morgan fingerprint density at radius 3 is 2.84 bits per heavy atom. The maximum atomic E-state index is 12.0. The summed E-state index contributed by atoms with van der Waals surface area (Å²) < 4.78 is 0. The molecule has 0 saturated carbocycles. The average Bonchev–Trinajstić information content (AvgIpc) is 2.38. The van der Waals surface area contributed by atoms with Gasteiger partial charge in [-0.2, -0.15) is 0 Å². The Hall–Kier alpha value is -1.10. The first-order valence-electron chi connectivity index (χ1n) is 7.18. The van der Waals surface area contributed by atoms with Crippen molar-refractivity contribution in [2.75, 3.05) is 26.7 Å². The summed E-state index contributed by atoms with van der Waals surface area (Å²) in [4.78, 5) is 24.7. The molecule has 1 heterocycles. The Bertz CT molecular complexity index is 307. The van der Waals surface area contributed by atoms with Gasteiger partial charge in [0.05, 0.1) is 0 Å². The number of nitrogens with one attached hydrogen (secondary N) is 1. The normalized spacial score (nSPS) is 21.2. The van der Waals surface area contributed by atoms with Crippen LogP contribution in [0.15, 0.2) is 0 Å². The zero-order valence-corrected chi connectivity index (χ0v) is 12.0. The van der Waals surface area contributed by atoms with E-state index in [2.05, 4.69) is 5.32 Å². The van der Waals surface area contributed by atoms with Crippen molar-refractivity contribution in [2.45, 2.75) is 39.0 Å². The predicted molar refractivity (Wildman–Crippen MR) is 73.9 cm³/mol. The van der Waals surface area contributed by atoms with Crippen molar-refractivity contribution in [2.24, 2.45) is 11.8 Å². The van der Waals surface area contributed by atoms with Gasteiger partial charge in [-0.3, -0.25) is 9.59 Å². The lowest BCUT2D eigenvalue weighted by Crippen LogP contribution is -2.42. The van der Waals surface area contributed by atoms with Gasteiger partial charge in [-0.25, -0.2) is 0 Å². The molecule has 0 bridgehead atoms. The molecule has 1 aliphatic heterocycles. The molecule has 1 saturated heterocycles. The number of hydrogen-bond donors (Lipinski definition) is 2. The van der Waals surface area contributed by atoms with Crippen LogP contribution >= 0.6 is 0 Å². The van der Waals surface area contributed by atoms with Gasteiger partial charge in [0.1, 0.15) is 0 Å². The molecule has 0 aromatic carbocycles. The monoisotopic (exact) mass is 270 g/mol. The van der Waals surface area contributed by atoms with Crippen LogP contribution in [0.4, 0.5) is 0 Å². The van der Waals surface area contributed by atoms with Gasteiger partial charge >= 0.3 is 5.97 Å². The topological polar surface area (TPSA) is 69.6 Å². The lowest BCUT2D eigenvalue weighted by molar-refractivity contribution is -0.138. The second-order valence-corrected chi connectivity index (χ2v) is 5.52. The first-order chi connectivity index (χ1) is 9.04. The number of likely N-dealkylation sites (tertiary alicyclic amines) is 1. The summed E-state index contributed by atoms with van der Waals surface area (Å²) in [5, 5.41) is 11.9. The highest BCUT2D eigenvalue weighted by molar-refractivity contribution is 5.76. The second kappa shape index (κ2) is 8.15. The highest BCUT2D eigenvalue weighted by Gasteiger charge is 2.27. The van der Waals surface area contributed by atoms with Crippen molar-refractivity contribution in [3.05, 3.63) is 0 Å². The highest BCUT2D eigenvalue weighted by atomic mass is 16.4. The molecule has 19 heavy (non-hydrogen) atoms. The number of piperidine rings is 1. The molecule has 1 rings (SSSR count). The molecule has 0 aliphatic carbocycles. The first kappa shape index (κ1) is 16.0. The van der Waals surface area contributed by atoms with Gasteiger partial charge in [0, 0.05) is 25.9 Å². The van der Waals surface area contributed by atoms with Gasteiger partial charge in [-0.05, 0) is 44.7 Å². The second-order valence-electron chi connectivity index (χ2n) is 5.52. The fourth-order valence-corrected chi connectivity index (χ4v) is 2.72. The number of aliphatic carboxylic acids is 1. The van der Waals surface area contributed by atoms with E-state index in [4.69, 9.17) is 5.11 Å². The van der Waals surface area contributed by atoms with E-state index in [1.807, 2.05) is 18.9 Å². The number of hydrogen-bond acceptors (Lipinski definition) is 3. The van der Waals surface area contributed by atoms with Crippen LogP contribution in [-0.4, -0.2) is 48.6 Å². The fourth-order valence-electron chi connectivity index (χ4n) is 2.72. The molecular weight excluding hydrogens is 244 g/mol. The van der Waals surface area contributed by atoms with Crippen molar-refractivity contribution in [1.82, 2.24) is 10.2 Å². The zero-order valence-electron chi connectivity index (χ0n) is 12.0. The van der Waals surface area contributed by atoms with E-state index >= 15 is 0 Å². The third-order valence-corrected chi connectivity index (χ3v) is 3.93. The standard InChI is InChI=1S/C14H26N2O3/c1-11(9-14(18)19)12-5-4-8-16(10-12)13(17)6-3-7-15-2/h11-12,15H,3-10H2,1-2H3,(H,18,19). The Labute approximate surface area is 115 Å². The lowest BCUT2D eigenvalue weighted by atomic mass is 9.84. The smallest absolute Gasteiger partial charge is 0.303 e. The molecule has 1 aliphatic rings. The van der Waals surface area contributed by atoms with Crippen LogP contribution < -0.4 is 5.32 Å². The zero-order chi connectivity index (χ0) is 14.3. The average molecular weight is 270 g/mol. The summed E-state index contributed by atoms with van der Waals surface area (Å²) in [6.45, 7) is 4.40. The Morgan fingerprint density at radius 1 is 1.47 bits per heavy atom. The van der Waals surface area contributed by atoms with E-state index < -0.39 is 5.97 Å². The van der Waals surface area contributed by atoms with Crippen LogP contribution in [0.5, 0.6) is 0 Å². The largest absolute Gasteiger partial charge is 0.481 e. The van der Waals surface area contributed by atoms with Gasteiger partial charge in [0.2, 0.25) is 5.91 Å². The molecule has 1 fully saturated rings. The van der Waals surface area contributed by atoms with Crippen molar-refractivity contribution < 1.29 is 14.7 Å². The summed E-state index contributed by atoms with van der Waals surface area (Å²) in [6.07, 6.45) is 3.68. The van der Waals surface area contributed by atoms with Gasteiger partial charge < -0.3 is 15.3 Å². The third-order valence-electron chi connectivity index (χ3n) is 3.93. The molecule has 0 radical (unpaired) electrons. The van der Waals surface area contributed by atoms with Crippen molar-refractivity contribution in [1.29, 1.82) is 0 Å². The lowest BCUT2D eigenvalue weighted by Gasteiger charge is -2.35. The summed E-state index contributed by atoms with van der Waals surface area (Å²) in [5.41, 5.74) is 0. The molecule has 1 amide bonds. The summed E-state index contributed by atoms with van der Waals surface area (Å²) in [6, 6.07) is 0. The van der Waals surface area contributed by atoms with Crippen molar-refractivity contribution in [3.63, 3.8) is 0 Å². The van der Waals surface area contributed by atoms with Gasteiger partial charge in [0.25, 0.3) is 0 Å². The van der Waals surface area contributed by atoms with E-state index in [9.17, 15) is 9.59 Å². The number of nitrogens with zero attached hydrogens (tertiary/aromatic N) is 1. The van der Waals surface area contributed by atoms with E-state index in [1.165, 1.54) is 0 Å². The van der Waals surface area contributed by atoms with Crippen LogP contribution in [0.25, 0.3) is 0 Å². The van der Waals surface area contributed by atoms with E-state index in [-0.39, 0.29) is 18.2 Å². The summed E-state index contributed by atoms with van der Waals surface area (Å²) in [5.74, 6) is -0.0593. The Morgan fingerprint density at radius 2 is 2.21 bits per heavy atom. The number of carbonyl (C=O) groups is 2. The van der Waals surface area contributed by atoms with Gasteiger partial charge in [0.15, 0.2) is 0 Å². The number of carbonyl (C=O) groups excluding carboxylic acids is 1. The fraction of sp³-hybridized carbons (Fsp3) is 0.857. The molecule has 5 nitrogen and oxygen atoms in total. The maximum absolute atomic E-state index is 12.0. The summed E-state index contributed by atoms with van der Waals surface area (Å²) >= 11 is 0. The number of rotatable bonds is 7. The minimum absolute atomic E-state index is 0.144. The molecule has 5 heteroatoms. The maximum Gasteiger partial charge on any atom is 0.303 e. The first-order valence-corrected chi connectivity index (χ1v) is 7.18. The summed E-state index contributed by atoms with van der Waals surface area (Å²) in [7, 11) is 1.88. The molecule has 0 aromatic heterocycles. The van der Waals surface area contributed by atoms with E-state index in [0.29, 0.717) is 12.3 Å². The SMILES string of the molecule is CNCCCC(=O)N1CCCC(C(C)CC(=O)O)C1. The highest BCUT2D eigenvalue weighted by Crippen LogP contribution is 2.26. The number of amides is 1. The van der Waals surface area contributed by atoms with Crippen molar-refractivity contribution >= 4 is 11.9 Å².